The van der Waals surface area contributed by atoms with Crippen molar-refractivity contribution in [1.29, 1.82) is 0 Å². The minimum atomic E-state index is -1.51. The number of carbonyl (C=O) groups excluding carboxylic acids is 2. The fourth-order valence-electron chi connectivity index (χ4n) is 7.61. The predicted molar refractivity (Wildman–Crippen MR) is 92.7 cm³/mol. The van der Waals surface area contributed by atoms with Crippen molar-refractivity contribution in [2.45, 2.75) is 63.3 Å². The fourth-order valence-corrected chi connectivity index (χ4v) is 7.61. The van der Waals surface area contributed by atoms with Gasteiger partial charge in [0.15, 0.2) is 18.0 Å². The highest BCUT2D eigenvalue weighted by molar-refractivity contribution is 5.96. The van der Waals surface area contributed by atoms with E-state index in [0.29, 0.717) is 0 Å². The maximum Gasteiger partial charge on any atom is 0.335 e. The highest BCUT2D eigenvalue weighted by atomic mass is 16.6. The molecule has 5 rings (SSSR count). The van der Waals surface area contributed by atoms with Gasteiger partial charge in [-0.25, -0.2) is 4.79 Å². The zero-order valence-electron chi connectivity index (χ0n) is 16.0. The lowest BCUT2D eigenvalue weighted by molar-refractivity contribution is -0.298. The molecule has 0 unspecified atom stereocenters. The molecule has 0 aromatic rings. The van der Waals surface area contributed by atoms with E-state index in [0.717, 1.165) is 5.57 Å². The molecule has 5 aliphatic rings. The van der Waals surface area contributed by atoms with Gasteiger partial charge in [0.25, 0.3) is 0 Å². The summed E-state index contributed by atoms with van der Waals surface area (Å²) in [6, 6.07) is 0. The fraction of sp³-hybridized carbons (Fsp3) is 0.800. The van der Waals surface area contributed by atoms with E-state index in [-0.39, 0.29) is 18.9 Å². The van der Waals surface area contributed by atoms with Crippen molar-refractivity contribution in [3.63, 3.8) is 0 Å². The van der Waals surface area contributed by atoms with E-state index < -0.39 is 70.5 Å². The zero-order valence-corrected chi connectivity index (χ0v) is 16.0. The Kier molecular flexibility index (Phi) is 3.49. The van der Waals surface area contributed by atoms with E-state index >= 15 is 0 Å². The number of aliphatic hydroxyl groups is 4. The van der Waals surface area contributed by atoms with Gasteiger partial charge in [0.1, 0.15) is 11.7 Å². The van der Waals surface area contributed by atoms with Crippen molar-refractivity contribution in [2.24, 2.45) is 28.6 Å². The van der Waals surface area contributed by atoms with Crippen LogP contribution in [-0.4, -0.2) is 74.9 Å². The van der Waals surface area contributed by atoms with Crippen LogP contribution in [0.25, 0.3) is 0 Å². The lowest BCUT2D eigenvalue weighted by atomic mass is 9.38. The average molecular weight is 394 g/mol. The topological polar surface area (TPSA) is 134 Å². The third-order valence-electron chi connectivity index (χ3n) is 8.70. The van der Waals surface area contributed by atoms with Crippen LogP contribution in [0.5, 0.6) is 0 Å². The van der Waals surface area contributed by atoms with Crippen molar-refractivity contribution in [3.8, 4) is 0 Å². The van der Waals surface area contributed by atoms with Gasteiger partial charge >= 0.3 is 5.97 Å². The number of ketones is 1. The number of allylic oxidation sites excluding steroid dienone is 1. The Bertz CT molecular complexity index is 808. The van der Waals surface area contributed by atoms with E-state index in [4.69, 9.17) is 9.47 Å². The molecule has 0 aromatic carbocycles. The number of ether oxygens (including phenoxy) is 2. The standard InChI is InChI=1S/C20H26O8/c1-7-4-9(21)15(25)18(2)8(7)5-10(22)20-6-27-19(3)14(20)12(24)17(26)28-16(19)11(23)13(18)20/h4,8,10-16,22-25H,5-6H2,1-3H3/t8-,10+,11+,12-,13+,14-,15+,16-,18-,19-,20+/m0/s1. The summed E-state index contributed by atoms with van der Waals surface area (Å²) in [5.41, 5.74) is -2.67. The van der Waals surface area contributed by atoms with Gasteiger partial charge in [0.05, 0.1) is 18.8 Å². The highest BCUT2D eigenvalue weighted by Gasteiger charge is 2.82. The first-order valence-corrected chi connectivity index (χ1v) is 9.80. The number of fused-ring (bicyclic) bond motifs is 2. The van der Waals surface area contributed by atoms with Gasteiger partial charge in [-0.3, -0.25) is 4.79 Å². The van der Waals surface area contributed by atoms with Crippen LogP contribution in [0.3, 0.4) is 0 Å². The van der Waals surface area contributed by atoms with Crippen LogP contribution < -0.4 is 0 Å². The van der Waals surface area contributed by atoms with Gasteiger partial charge < -0.3 is 29.9 Å². The van der Waals surface area contributed by atoms with Crippen LogP contribution in [0.2, 0.25) is 0 Å². The van der Waals surface area contributed by atoms with E-state index in [9.17, 15) is 30.0 Å². The summed E-state index contributed by atoms with van der Waals surface area (Å²) >= 11 is 0. The molecule has 2 heterocycles. The summed E-state index contributed by atoms with van der Waals surface area (Å²) in [5.74, 6) is -3.22. The molecule has 0 amide bonds. The lowest BCUT2D eigenvalue weighted by Gasteiger charge is -2.67. The summed E-state index contributed by atoms with van der Waals surface area (Å²) in [7, 11) is 0. The Morgan fingerprint density at radius 1 is 1.11 bits per heavy atom. The van der Waals surface area contributed by atoms with Gasteiger partial charge in [0, 0.05) is 22.7 Å². The molecule has 3 aliphatic carbocycles. The summed E-state index contributed by atoms with van der Waals surface area (Å²) in [6.07, 6.45) is -4.52. The van der Waals surface area contributed by atoms with Crippen molar-refractivity contribution < 1.29 is 39.5 Å². The summed E-state index contributed by atoms with van der Waals surface area (Å²) < 4.78 is 11.4. The van der Waals surface area contributed by atoms with Gasteiger partial charge in [-0.05, 0) is 32.3 Å². The quantitative estimate of drug-likeness (QED) is 0.382. The Balaban J connectivity index is 1.77. The van der Waals surface area contributed by atoms with E-state index in [1.54, 1.807) is 20.8 Å². The first-order chi connectivity index (χ1) is 13.0. The molecule has 154 valence electrons. The van der Waals surface area contributed by atoms with E-state index in [2.05, 4.69) is 0 Å². The largest absolute Gasteiger partial charge is 0.455 e. The molecule has 8 heteroatoms. The van der Waals surface area contributed by atoms with Crippen molar-refractivity contribution >= 4 is 11.8 Å². The summed E-state index contributed by atoms with van der Waals surface area (Å²) in [6.45, 7) is 5.23. The zero-order chi connectivity index (χ0) is 20.4. The minimum absolute atomic E-state index is 0.00718. The molecule has 0 radical (unpaired) electrons. The Hall–Kier alpha value is -1.32. The SMILES string of the molecule is CC1=CC(=O)[C@@H](O)[C@]2(C)[C@H]3[C@@H](O)[C@@H]4OC(=O)[C@@H](O)[C@H]5[C@]4(C)OC[C@@]35[C@H](O)C[C@@H]12. The molecule has 2 saturated carbocycles. The first-order valence-electron chi connectivity index (χ1n) is 9.80. The number of hydrogen-bond donors (Lipinski definition) is 4. The second-order valence-electron chi connectivity index (χ2n) is 9.70. The van der Waals surface area contributed by atoms with Crippen molar-refractivity contribution in [2.75, 3.05) is 6.61 Å². The summed E-state index contributed by atoms with van der Waals surface area (Å²) in [4.78, 5) is 24.8. The molecule has 8 nitrogen and oxygen atoms in total. The monoisotopic (exact) mass is 394 g/mol. The van der Waals surface area contributed by atoms with Gasteiger partial charge in [-0.1, -0.05) is 12.5 Å². The van der Waals surface area contributed by atoms with Crippen LogP contribution in [0.15, 0.2) is 11.6 Å². The second kappa shape index (κ2) is 5.23. The molecular weight excluding hydrogens is 368 g/mol. The molecule has 4 bridgehead atoms. The van der Waals surface area contributed by atoms with E-state index in [1.165, 1.54) is 6.08 Å². The Morgan fingerprint density at radius 3 is 2.46 bits per heavy atom. The number of aliphatic hydroxyl groups excluding tert-OH is 4. The third-order valence-corrected chi connectivity index (χ3v) is 8.70. The van der Waals surface area contributed by atoms with Crippen LogP contribution in [-0.2, 0) is 19.1 Å². The van der Waals surface area contributed by atoms with Crippen LogP contribution in [0.1, 0.15) is 27.2 Å². The molecule has 2 aliphatic heterocycles. The Labute approximate surface area is 162 Å². The van der Waals surface area contributed by atoms with Gasteiger partial charge in [0.2, 0.25) is 0 Å². The predicted octanol–water partition coefficient (Wildman–Crippen LogP) is -1.07. The smallest absolute Gasteiger partial charge is 0.335 e. The molecule has 4 N–H and O–H groups in total. The number of esters is 1. The third kappa shape index (κ3) is 1.72. The molecular formula is C20H26O8. The lowest BCUT2D eigenvalue weighted by Crippen LogP contribution is -2.78. The van der Waals surface area contributed by atoms with Crippen LogP contribution in [0, 0.1) is 28.6 Å². The maximum atomic E-state index is 12.5. The molecule has 1 spiro atoms. The maximum absolute atomic E-state index is 12.5. The molecule has 2 saturated heterocycles. The Morgan fingerprint density at radius 2 is 1.79 bits per heavy atom. The normalized spacial score (nSPS) is 59.9. The minimum Gasteiger partial charge on any atom is -0.455 e. The van der Waals surface area contributed by atoms with Gasteiger partial charge in [-0.2, -0.15) is 0 Å². The second-order valence-corrected chi connectivity index (χ2v) is 9.70. The van der Waals surface area contributed by atoms with Gasteiger partial charge in [-0.15, -0.1) is 0 Å². The molecule has 28 heavy (non-hydrogen) atoms. The van der Waals surface area contributed by atoms with E-state index in [1.807, 2.05) is 0 Å². The van der Waals surface area contributed by atoms with Crippen LogP contribution >= 0.6 is 0 Å². The molecule has 4 fully saturated rings. The average Bonchev–Trinajstić information content (AvgIpc) is 2.89. The molecule has 11 atom stereocenters. The van der Waals surface area contributed by atoms with Crippen LogP contribution in [0.4, 0.5) is 0 Å². The molecule has 0 aromatic heterocycles. The van der Waals surface area contributed by atoms with Crippen molar-refractivity contribution in [3.05, 3.63) is 11.6 Å². The first kappa shape index (κ1) is 18.7. The number of hydrogen-bond acceptors (Lipinski definition) is 8. The highest BCUT2D eigenvalue weighted by Crippen LogP contribution is 2.71. The summed E-state index contributed by atoms with van der Waals surface area (Å²) in [5, 5.41) is 44.4. The number of carbonyl (C=O) groups is 2. The van der Waals surface area contributed by atoms with Crippen molar-refractivity contribution in [1.82, 2.24) is 0 Å². The number of rotatable bonds is 0.